The van der Waals surface area contributed by atoms with Crippen molar-refractivity contribution in [2.24, 2.45) is 0 Å². The largest absolute Gasteiger partial charge is 0.314 e. The van der Waals surface area contributed by atoms with Crippen LogP contribution in [0.2, 0.25) is 0 Å². The lowest BCUT2D eigenvalue weighted by molar-refractivity contribution is 0.496. The second-order valence-corrected chi connectivity index (χ2v) is 5.34. The Labute approximate surface area is 75.5 Å². The highest BCUT2D eigenvalue weighted by Gasteiger charge is 2.08. The minimum Gasteiger partial charge on any atom is -0.314 e. The van der Waals surface area contributed by atoms with Gasteiger partial charge in [-0.2, -0.15) is 0 Å². The summed E-state index contributed by atoms with van der Waals surface area (Å²) in [5.41, 5.74) is 0. The van der Waals surface area contributed by atoms with Gasteiger partial charge in [0.25, 0.3) is 0 Å². The molecule has 0 heterocycles. The predicted molar refractivity (Wildman–Crippen MR) is 52.1 cm³/mol. The molecule has 0 aliphatic rings. The Bertz CT molecular complexity index is 199. The summed E-state index contributed by atoms with van der Waals surface area (Å²) in [5, 5.41) is 3.24. The van der Waals surface area contributed by atoms with Crippen LogP contribution in [0.4, 0.5) is 0 Å². The van der Waals surface area contributed by atoms with Gasteiger partial charge in [0.2, 0.25) is 0 Å². The lowest BCUT2D eigenvalue weighted by atomic mass is 10.2. The van der Waals surface area contributed by atoms with Crippen LogP contribution in [-0.2, 0) is 9.84 Å². The molecule has 1 N–H and O–H groups in total. The molecule has 0 bridgehead atoms. The van der Waals surface area contributed by atoms with Crippen molar-refractivity contribution in [3.8, 4) is 0 Å². The van der Waals surface area contributed by atoms with Crippen LogP contribution in [0, 0.1) is 0 Å². The van der Waals surface area contributed by atoms with E-state index < -0.39 is 9.84 Å². The normalized spacial score (nSPS) is 14.6. The molecule has 0 aromatic carbocycles. The van der Waals surface area contributed by atoms with Crippen LogP contribution in [0.15, 0.2) is 0 Å². The number of hydrogen-bond acceptors (Lipinski definition) is 3. The molecule has 0 amide bonds. The molecule has 0 rings (SSSR count). The van der Waals surface area contributed by atoms with Gasteiger partial charge in [-0.15, -0.1) is 0 Å². The number of nitrogens with one attached hydrogen (secondary N) is 1. The minimum absolute atomic E-state index is 0.290. The Hall–Kier alpha value is -0.0900. The van der Waals surface area contributed by atoms with Gasteiger partial charge in [0.15, 0.2) is 0 Å². The highest BCUT2D eigenvalue weighted by molar-refractivity contribution is 7.90. The van der Waals surface area contributed by atoms with Crippen molar-refractivity contribution in [2.75, 3.05) is 18.6 Å². The Kier molecular flexibility index (Phi) is 5.50. The first kappa shape index (κ1) is 11.9. The van der Waals surface area contributed by atoms with Crippen LogP contribution < -0.4 is 5.32 Å². The average Bonchev–Trinajstić information content (AvgIpc) is 1.96. The predicted octanol–water partition coefficient (Wildman–Crippen LogP) is 0.809. The van der Waals surface area contributed by atoms with Gasteiger partial charge in [-0.05, 0) is 19.4 Å². The van der Waals surface area contributed by atoms with Crippen LogP contribution in [0.5, 0.6) is 0 Å². The van der Waals surface area contributed by atoms with E-state index in [1.54, 1.807) is 0 Å². The highest BCUT2D eigenvalue weighted by Crippen LogP contribution is 1.99. The maximum atomic E-state index is 10.8. The van der Waals surface area contributed by atoms with Gasteiger partial charge in [0.05, 0.1) is 5.75 Å². The summed E-state index contributed by atoms with van der Waals surface area (Å²) in [6, 6.07) is 0.352. The molecule has 74 valence electrons. The van der Waals surface area contributed by atoms with Crippen molar-refractivity contribution < 1.29 is 8.42 Å². The zero-order chi connectivity index (χ0) is 9.61. The molecule has 0 radical (unpaired) electrons. The summed E-state index contributed by atoms with van der Waals surface area (Å²) in [7, 11) is -2.79. The van der Waals surface area contributed by atoms with Gasteiger partial charge in [-0.25, -0.2) is 8.42 Å². The molecular formula is C8H19NO2S. The van der Waals surface area contributed by atoms with Crippen molar-refractivity contribution in [1.82, 2.24) is 5.32 Å². The number of sulfone groups is 1. The lowest BCUT2D eigenvalue weighted by Crippen LogP contribution is -2.30. The summed E-state index contributed by atoms with van der Waals surface area (Å²) in [5.74, 6) is 0.290. The Morgan fingerprint density at radius 3 is 2.25 bits per heavy atom. The molecule has 12 heavy (non-hydrogen) atoms. The molecule has 0 spiro atoms. The quantitative estimate of drug-likeness (QED) is 0.679. The molecule has 0 aromatic heterocycles. The standard InChI is InChI=1S/C8H19NO2S/c1-4-8(9-5-2)6-7-12(3,10)11/h8-9H,4-7H2,1-3H3. The molecule has 0 saturated heterocycles. The van der Waals surface area contributed by atoms with Gasteiger partial charge in [0, 0.05) is 12.3 Å². The smallest absolute Gasteiger partial charge is 0.147 e. The highest BCUT2D eigenvalue weighted by atomic mass is 32.2. The van der Waals surface area contributed by atoms with Crippen LogP contribution in [0.3, 0.4) is 0 Å². The monoisotopic (exact) mass is 193 g/mol. The molecule has 0 aliphatic carbocycles. The van der Waals surface area contributed by atoms with E-state index in [1.165, 1.54) is 6.26 Å². The third-order valence-corrected chi connectivity index (χ3v) is 2.80. The van der Waals surface area contributed by atoms with Crippen molar-refractivity contribution in [3.05, 3.63) is 0 Å². The topological polar surface area (TPSA) is 46.2 Å². The summed E-state index contributed by atoms with van der Waals surface area (Å²) >= 11 is 0. The van der Waals surface area contributed by atoms with Crippen LogP contribution in [-0.4, -0.2) is 33.0 Å². The first-order valence-corrected chi connectivity index (χ1v) is 6.46. The second-order valence-electron chi connectivity index (χ2n) is 3.08. The van der Waals surface area contributed by atoms with E-state index in [1.807, 2.05) is 6.92 Å². The van der Waals surface area contributed by atoms with E-state index in [-0.39, 0.29) is 0 Å². The summed E-state index contributed by atoms with van der Waals surface area (Å²) in [4.78, 5) is 0. The lowest BCUT2D eigenvalue weighted by Gasteiger charge is -2.14. The first-order valence-electron chi connectivity index (χ1n) is 4.40. The molecule has 0 aliphatic heterocycles. The third-order valence-electron chi connectivity index (χ3n) is 1.82. The first-order chi connectivity index (χ1) is 5.49. The molecule has 3 nitrogen and oxygen atoms in total. The van der Waals surface area contributed by atoms with Gasteiger partial charge in [-0.1, -0.05) is 13.8 Å². The van der Waals surface area contributed by atoms with E-state index in [2.05, 4.69) is 12.2 Å². The van der Waals surface area contributed by atoms with E-state index in [0.29, 0.717) is 11.8 Å². The summed E-state index contributed by atoms with van der Waals surface area (Å²) in [6.07, 6.45) is 3.00. The molecule has 0 saturated carbocycles. The average molecular weight is 193 g/mol. The molecule has 1 unspecified atom stereocenters. The summed E-state index contributed by atoms with van der Waals surface area (Å²) in [6.45, 7) is 5.00. The van der Waals surface area contributed by atoms with E-state index in [9.17, 15) is 8.42 Å². The Morgan fingerprint density at radius 1 is 1.33 bits per heavy atom. The van der Waals surface area contributed by atoms with Crippen molar-refractivity contribution in [2.45, 2.75) is 32.7 Å². The SMILES string of the molecule is CCNC(CC)CCS(C)(=O)=O. The fourth-order valence-corrected chi connectivity index (χ4v) is 1.81. The van der Waals surface area contributed by atoms with Crippen LogP contribution in [0.1, 0.15) is 26.7 Å². The Morgan fingerprint density at radius 2 is 1.92 bits per heavy atom. The van der Waals surface area contributed by atoms with Crippen molar-refractivity contribution >= 4 is 9.84 Å². The van der Waals surface area contributed by atoms with E-state index >= 15 is 0 Å². The zero-order valence-corrected chi connectivity index (χ0v) is 8.95. The third kappa shape index (κ3) is 6.61. The van der Waals surface area contributed by atoms with Gasteiger partial charge in [0.1, 0.15) is 9.84 Å². The molecule has 0 aromatic rings. The number of rotatable bonds is 6. The van der Waals surface area contributed by atoms with E-state index in [4.69, 9.17) is 0 Å². The second kappa shape index (κ2) is 5.54. The van der Waals surface area contributed by atoms with Gasteiger partial charge < -0.3 is 5.32 Å². The van der Waals surface area contributed by atoms with Crippen LogP contribution >= 0.6 is 0 Å². The van der Waals surface area contributed by atoms with E-state index in [0.717, 1.165) is 19.4 Å². The maximum absolute atomic E-state index is 10.8. The Balaban J connectivity index is 3.73. The fourth-order valence-electron chi connectivity index (χ4n) is 1.10. The van der Waals surface area contributed by atoms with Gasteiger partial charge in [-0.3, -0.25) is 0 Å². The maximum Gasteiger partial charge on any atom is 0.147 e. The number of hydrogen-bond donors (Lipinski definition) is 1. The summed E-state index contributed by atoms with van der Waals surface area (Å²) < 4.78 is 21.7. The van der Waals surface area contributed by atoms with Crippen molar-refractivity contribution in [3.63, 3.8) is 0 Å². The molecule has 1 atom stereocenters. The minimum atomic E-state index is -2.79. The van der Waals surface area contributed by atoms with Crippen LogP contribution in [0.25, 0.3) is 0 Å². The van der Waals surface area contributed by atoms with Gasteiger partial charge >= 0.3 is 0 Å². The van der Waals surface area contributed by atoms with Crippen molar-refractivity contribution in [1.29, 1.82) is 0 Å². The fraction of sp³-hybridized carbons (Fsp3) is 1.00. The molecule has 0 fully saturated rings. The zero-order valence-electron chi connectivity index (χ0n) is 8.13. The molecular weight excluding hydrogens is 174 g/mol. The molecule has 4 heteroatoms.